The largest absolute Gasteiger partial charge is 0.495 e. The number of hydrogen-bond acceptors (Lipinski definition) is 38. The van der Waals surface area contributed by atoms with Crippen LogP contribution in [0.5, 0.6) is 17.5 Å². The van der Waals surface area contributed by atoms with Gasteiger partial charge >= 0.3 is 0 Å². The van der Waals surface area contributed by atoms with Gasteiger partial charge in [0.1, 0.15) is 96.6 Å². The number of thiazole rings is 1. The van der Waals surface area contributed by atoms with E-state index in [1.54, 1.807) is 50.0 Å². The van der Waals surface area contributed by atoms with Gasteiger partial charge in [-0.1, -0.05) is 38.3 Å². The molecule has 0 aromatic carbocycles. The molecule has 42 nitrogen and oxygen atoms in total. The van der Waals surface area contributed by atoms with Crippen molar-refractivity contribution >= 4 is 119 Å². The highest BCUT2D eigenvalue weighted by Gasteiger charge is 2.22. The second kappa shape index (κ2) is 40.9. The van der Waals surface area contributed by atoms with Crippen molar-refractivity contribution in [2.24, 2.45) is 0 Å². The zero-order chi connectivity index (χ0) is 92.8. The van der Waals surface area contributed by atoms with Gasteiger partial charge in [-0.2, -0.15) is 24.9 Å². The number of methoxy groups -OCH3 is 3. The Labute approximate surface area is 767 Å². The normalized spacial score (nSPS) is 11.1. The molecule has 0 saturated carbocycles. The summed E-state index contributed by atoms with van der Waals surface area (Å²) < 4.78 is 51.9. The smallest absolute Gasteiger partial charge is 0.223 e. The van der Waals surface area contributed by atoms with Crippen molar-refractivity contribution in [2.45, 2.75) is 135 Å². The van der Waals surface area contributed by atoms with Gasteiger partial charge < -0.3 is 97.6 Å². The number of rotatable bonds is 28. The highest BCUT2D eigenvalue weighted by molar-refractivity contribution is 7.09. The summed E-state index contributed by atoms with van der Waals surface area (Å²) >= 11 is 7.92. The van der Waals surface area contributed by atoms with Gasteiger partial charge in [0.2, 0.25) is 35.4 Å². The Morgan fingerprint density at radius 3 is 1.26 bits per heavy atom. The molecule has 20 aromatic rings. The third-order valence-electron chi connectivity index (χ3n) is 20.1. The average molecular weight is 1830 g/mol. The minimum atomic E-state index is 0.154. The van der Waals surface area contributed by atoms with Crippen molar-refractivity contribution in [1.82, 2.24) is 133 Å². The summed E-state index contributed by atoms with van der Waals surface area (Å²) in [4.78, 5) is 79.6. The molecule has 0 spiro atoms. The Bertz CT molecular complexity index is 7380. The quantitative estimate of drug-likeness (QED) is 0.0239. The second-order valence-electron chi connectivity index (χ2n) is 30.4. The summed E-state index contributed by atoms with van der Waals surface area (Å²) in [5.41, 5.74) is 27.5. The number of ether oxygens (including phenoxy) is 3. The molecule has 0 saturated heterocycles. The van der Waals surface area contributed by atoms with Crippen LogP contribution in [0.4, 0.5) is 41.0 Å². The van der Waals surface area contributed by atoms with Gasteiger partial charge in [0.15, 0.2) is 40.7 Å². The topological polar surface area (TPSA) is 514 Å². The molecule has 0 aliphatic heterocycles. The molecule has 680 valence electrons. The number of fused-ring (bicyclic) bond motifs is 5. The summed E-state index contributed by atoms with van der Waals surface area (Å²) in [5.74, 6) is 12.7. The number of halogens is 1. The third kappa shape index (κ3) is 22.5. The Morgan fingerprint density at radius 2 is 0.827 bits per heavy atom. The van der Waals surface area contributed by atoms with Crippen molar-refractivity contribution in [3.8, 4) is 17.5 Å². The number of nitrogens with zero attached hydrogens (tertiary/aromatic N) is 27. The van der Waals surface area contributed by atoms with E-state index in [4.69, 9.17) is 59.8 Å². The van der Waals surface area contributed by atoms with Gasteiger partial charge in [0.05, 0.1) is 154 Å². The van der Waals surface area contributed by atoms with Crippen LogP contribution in [-0.4, -0.2) is 155 Å². The Hall–Kier alpha value is -16.5. The number of anilines is 7. The molecule has 20 aromatic heterocycles. The molecule has 0 aliphatic rings. The van der Waals surface area contributed by atoms with Crippen LogP contribution in [0.1, 0.15) is 114 Å². The zero-order valence-corrected chi connectivity index (χ0v) is 76.4. The third-order valence-corrected chi connectivity index (χ3v) is 21.3. The first kappa shape index (κ1) is 89.9. The lowest BCUT2D eigenvalue weighted by molar-refractivity contribution is 0.367. The molecule has 0 unspecified atom stereocenters. The van der Waals surface area contributed by atoms with E-state index in [9.17, 15) is 0 Å². The molecule has 0 atom stereocenters. The maximum atomic E-state index is 6.26. The molecular formula is C89H93ClN34O8S. The first-order valence-electron chi connectivity index (χ1n) is 41.7. The van der Waals surface area contributed by atoms with Gasteiger partial charge in [-0.3, -0.25) is 15.0 Å². The van der Waals surface area contributed by atoms with Gasteiger partial charge in [-0.25, -0.2) is 49.8 Å². The zero-order valence-electron chi connectivity index (χ0n) is 74.8. The van der Waals surface area contributed by atoms with E-state index < -0.39 is 0 Å². The van der Waals surface area contributed by atoms with Crippen LogP contribution < -0.4 is 52.3 Å². The molecular weight excluding hydrogens is 1740 g/mol. The van der Waals surface area contributed by atoms with E-state index in [1.165, 1.54) is 14.2 Å². The molecule has 44 heteroatoms. The van der Waals surface area contributed by atoms with E-state index >= 15 is 0 Å². The maximum absolute atomic E-state index is 6.26. The van der Waals surface area contributed by atoms with Crippen LogP contribution in [0.15, 0.2) is 175 Å². The van der Waals surface area contributed by atoms with Crippen LogP contribution in [-0.2, 0) is 65.4 Å². The Kier molecular flexibility index (Phi) is 27.6. The monoisotopic (exact) mass is 1830 g/mol. The highest BCUT2D eigenvalue weighted by Crippen LogP contribution is 2.32. The lowest BCUT2D eigenvalue weighted by Crippen LogP contribution is -2.10. The summed E-state index contributed by atoms with van der Waals surface area (Å²) in [5, 5.41) is 36.2. The molecule has 0 radical (unpaired) electrons. The number of nitrogen functional groups attached to an aromatic ring is 2. The van der Waals surface area contributed by atoms with Crippen molar-refractivity contribution in [1.29, 1.82) is 0 Å². The fraction of sp³-hybridized carbons (Fsp3) is 0.258. The Balaban J connectivity index is 0.000000121. The summed E-state index contributed by atoms with van der Waals surface area (Å²) in [6.45, 7) is 24.0. The minimum absolute atomic E-state index is 0.154. The standard InChI is InChI=1S/C19H20N6O.C18H17ClN6O.C18H19N7O2.C17H19N9O3.C17H18N6OS/c1-12-4-5-15(20-9-12)11-25-7-6-17-18(25)19(23-14(3)22-17)21-10-16-8-13(2)26-24-16;1-11-8-13(24-26-11)9-21-18-17-15(22-12(2)23-18)5-7-25(17)10-16-14(19)4-3-6-20-16;1-11-8-21-15(27-11)9-22-17-16-12(23-18(19)24-17)5-7-25(16)10-13-14(26-2)4-3-6-20-13;1-9-20-11(25-29-9)7-19-16-15-10(21-17(18)24-16)4-5-26(15)8-12-22-13(27-2)6-14(23-12)28-3;1-10-6-13(22-24-10)7-18-17-16-15(19-11(2)20-17)4-5-23(16)8-14-9-25-12(3)21-14/h4-9H,10-11H2,1-3H3,(H,21,22,23);3-8H,9-10H2,1-2H3,(H,21,22,23);3-8H,9-10H2,1-2H3,(H3,19,22,23,24);4-6H,7-8H2,1-3H3,(H3,18,19,21,24);4-6,9H,7-8H2,1-3H3,(H,18,19,20). The van der Waals surface area contributed by atoms with E-state index in [1.807, 2.05) is 192 Å². The molecule has 0 amide bonds. The maximum Gasteiger partial charge on any atom is 0.223 e. The molecule has 0 aliphatic carbocycles. The second-order valence-corrected chi connectivity index (χ2v) is 31.9. The van der Waals surface area contributed by atoms with Crippen LogP contribution in [0.3, 0.4) is 0 Å². The van der Waals surface area contributed by atoms with Crippen molar-refractivity contribution < 1.29 is 36.7 Å². The van der Waals surface area contributed by atoms with Crippen molar-refractivity contribution in [3.63, 3.8) is 0 Å². The van der Waals surface area contributed by atoms with E-state index in [0.717, 1.165) is 158 Å². The van der Waals surface area contributed by atoms with Crippen LogP contribution in [0.25, 0.3) is 55.2 Å². The summed E-state index contributed by atoms with van der Waals surface area (Å²) in [7, 11) is 4.70. The van der Waals surface area contributed by atoms with Crippen LogP contribution >= 0.6 is 22.9 Å². The fourth-order valence-corrected chi connectivity index (χ4v) is 15.1. The SMILES string of the molecule is COc1cc(OC)nc(Cn2ccc3nc(N)nc(NCc4noc(C)n4)c32)n1.COc1cccnc1Cn1ccc2nc(N)nc(NCc3ncc(C)o3)c21.Cc1ccc(Cn2ccc3nc(C)nc(NCc4cc(C)on4)c32)nc1.Cc1nc(NCc2cc(C)on2)c2c(ccn2Cc2csc(C)n2)n1.Cc1nc(NCc2cc(C)on2)c2c(ccn2Cc2ncccc2Cl)n1. The van der Waals surface area contributed by atoms with Crippen LogP contribution in [0.2, 0.25) is 5.02 Å². The summed E-state index contributed by atoms with van der Waals surface area (Å²) in [6.07, 6.45) is 16.8. The molecule has 20 rings (SSSR count). The predicted octanol–water partition coefficient (Wildman–Crippen LogP) is 14.2. The molecule has 0 bridgehead atoms. The molecule has 9 N–H and O–H groups in total. The van der Waals surface area contributed by atoms with Crippen molar-refractivity contribution in [3.05, 3.63) is 272 Å². The van der Waals surface area contributed by atoms with Gasteiger partial charge in [-0.05, 0) is 129 Å². The van der Waals surface area contributed by atoms with Gasteiger partial charge in [0.25, 0.3) is 0 Å². The minimum Gasteiger partial charge on any atom is -0.495 e. The number of oxazole rings is 1. The molecule has 133 heavy (non-hydrogen) atoms. The number of aromatic nitrogens is 27. The first-order valence-corrected chi connectivity index (χ1v) is 43.0. The predicted molar refractivity (Wildman–Crippen MR) is 498 cm³/mol. The summed E-state index contributed by atoms with van der Waals surface area (Å²) in [6, 6.07) is 28.5. The number of nitrogens with one attached hydrogen (secondary N) is 5. The van der Waals surface area contributed by atoms with Gasteiger partial charge in [-0.15, -0.1) is 11.3 Å². The number of pyridine rings is 3. The lowest BCUT2D eigenvalue weighted by Gasteiger charge is -2.12. The number of nitrogens with two attached hydrogens (primary N) is 2. The van der Waals surface area contributed by atoms with Crippen LogP contribution in [0, 0.1) is 69.2 Å². The average Bonchev–Trinajstić information content (AvgIpc) is 1.66. The van der Waals surface area contributed by atoms with Gasteiger partial charge in [0, 0.05) is 80.1 Å². The van der Waals surface area contributed by atoms with E-state index in [2.05, 4.69) is 158 Å². The number of aryl methyl sites for hydroxylation is 10. The number of hydrogen-bond donors (Lipinski definition) is 7. The fourth-order valence-electron chi connectivity index (χ4n) is 14.3. The van der Waals surface area contributed by atoms with E-state index in [-0.39, 0.29) is 11.9 Å². The highest BCUT2D eigenvalue weighted by atomic mass is 35.5. The van der Waals surface area contributed by atoms with Crippen molar-refractivity contribution in [2.75, 3.05) is 59.4 Å². The molecule has 20 heterocycles. The Morgan fingerprint density at radius 1 is 0.376 bits per heavy atom. The lowest BCUT2D eigenvalue weighted by atomic mass is 10.3. The first-order chi connectivity index (χ1) is 64.4. The van der Waals surface area contributed by atoms with E-state index in [0.29, 0.717) is 129 Å². The molecule has 0 fully saturated rings.